The number of hydrogen-bond donors (Lipinski definition) is 0. The first-order chi connectivity index (χ1) is 61.2. The topological polar surface area (TPSA) is 196 Å². The molecular formula is C109H83Ir4N15-4. The molecule has 0 spiro atoms. The molecule has 0 N–H and O–H groups in total. The van der Waals surface area contributed by atoms with E-state index in [0.717, 1.165) is 129 Å². The van der Waals surface area contributed by atoms with Gasteiger partial charge in [0.15, 0.2) is 5.82 Å². The first kappa shape index (κ1) is 98.0. The van der Waals surface area contributed by atoms with Gasteiger partial charge in [0.2, 0.25) is 0 Å². The zero-order valence-electron chi connectivity index (χ0n) is 70.0. The molecule has 2 radical (unpaired) electrons. The second-order valence-electron chi connectivity index (χ2n) is 27.2. The SMILES string of the molecule is Cc1ccc(-c2ccc(-c3[c-]cccc3)nc2)cn1.Cc1nc(C)nc(-c2ccc(-c3[c-]cccc3)nc2)n1.Cc1nccc(-c2ccc(-c3[c-]cccc3)nc2)n1.[Ir+3].[Ir+3].[Ir].[Ir].[c-]1ccccc1-c1cc(-c2ccccn2)ccn1.[c-]1ccccc1-c1ccccn1.[c-]1ccccc1-c1ccccn1.[c-]1ccccc1C1C=CC=C[N-]1.[c-]1ccccc1C1C=CC=C[N-]1. The summed E-state index contributed by atoms with van der Waals surface area (Å²) in [6.45, 7) is 7.58. The Bertz CT molecular complexity index is 5990. The third-order valence-electron chi connectivity index (χ3n) is 18.3. The van der Waals surface area contributed by atoms with E-state index in [1.54, 1.807) is 37.2 Å². The van der Waals surface area contributed by atoms with E-state index in [1.807, 2.05) is 386 Å². The maximum atomic E-state index is 4.49. The second kappa shape index (κ2) is 54.2. The van der Waals surface area contributed by atoms with Crippen LogP contribution in [0.15, 0.2) is 420 Å². The largest absolute Gasteiger partial charge is 3.00 e. The number of allylic oxidation sites excluding steroid dienone is 4. The first-order valence-electron chi connectivity index (χ1n) is 40.0. The molecule has 2 atom stereocenters. The van der Waals surface area contributed by atoms with E-state index < -0.39 is 0 Å². The van der Waals surface area contributed by atoms with Crippen LogP contribution in [-0.4, -0.2) is 64.8 Å². The van der Waals surface area contributed by atoms with Crippen molar-refractivity contribution in [1.82, 2.24) is 64.8 Å². The Hall–Kier alpha value is -13.8. The molecule has 2 aliphatic heterocycles. The van der Waals surface area contributed by atoms with Gasteiger partial charge >= 0.3 is 40.2 Å². The number of benzene rings is 8. The van der Waals surface area contributed by atoms with Crippen molar-refractivity contribution in [1.29, 1.82) is 0 Å². The maximum absolute atomic E-state index is 4.49. The summed E-state index contributed by atoms with van der Waals surface area (Å²) in [6.07, 6.45) is 32.0. The molecule has 0 fully saturated rings. The molecule has 18 aromatic rings. The Kier molecular flexibility index (Phi) is 41.5. The van der Waals surface area contributed by atoms with Gasteiger partial charge in [-0.25, -0.2) is 24.9 Å². The molecule has 20 rings (SSSR count). The number of aromatic nitrogens is 13. The zero-order valence-corrected chi connectivity index (χ0v) is 79.6. The van der Waals surface area contributed by atoms with Crippen LogP contribution in [0.1, 0.15) is 46.4 Å². The first-order valence-corrected chi connectivity index (χ1v) is 40.0. The van der Waals surface area contributed by atoms with E-state index in [0.29, 0.717) is 17.5 Å². The van der Waals surface area contributed by atoms with E-state index in [9.17, 15) is 0 Å². The van der Waals surface area contributed by atoms with Gasteiger partial charge in [-0.2, -0.15) is 84.2 Å². The van der Waals surface area contributed by atoms with Gasteiger partial charge in [-0.3, -0.25) is 9.97 Å². The van der Waals surface area contributed by atoms with Crippen LogP contribution in [0.3, 0.4) is 0 Å². The van der Waals surface area contributed by atoms with Crippen molar-refractivity contribution in [3.8, 4) is 113 Å². The molecule has 0 bridgehead atoms. The standard InChI is InChI=1S/C17H13N2.C16H13N4.C16H12N3.C16H11N2.2C11H9N.2C11H8N.4Ir/c1-13-7-8-15(11-18-13)16-9-10-17(19-12-16)14-5-3-2-4-6-14;1-11-18-12(2)20-16(19-11)14-8-9-15(17-10-14)13-6-4-3-5-7-13;1-12-17-10-9-16(19-12)14-7-8-15(18-11-14)13-5-3-2-4-6-13;1-2-6-13(7-3-1)16-12-14(9-11-18-16)15-8-4-5-10-17-15;4*1-2-6-10(7-3-1)11-8-4-5-9-12-11;;;;/h2-5,7-12H,1H3;3-6,8-10H,1-2H3;2-5,7-11H,1H3;1-6,8-12H;2*1-6,8-9,11H;2*1-6,8-9H;;;;/q4*-1;2*-2;2*-1;;;2*+3. The van der Waals surface area contributed by atoms with Crippen molar-refractivity contribution in [2.24, 2.45) is 0 Å². The van der Waals surface area contributed by atoms with Crippen molar-refractivity contribution in [2.75, 3.05) is 0 Å². The molecule has 0 aliphatic carbocycles. The van der Waals surface area contributed by atoms with Crippen LogP contribution in [0.25, 0.3) is 123 Å². The molecule has 8 aromatic carbocycles. The fourth-order valence-electron chi connectivity index (χ4n) is 12.1. The molecule has 0 saturated heterocycles. The van der Waals surface area contributed by atoms with Crippen LogP contribution in [-0.2, 0) is 80.4 Å². The van der Waals surface area contributed by atoms with E-state index >= 15 is 0 Å². The van der Waals surface area contributed by atoms with Gasteiger partial charge in [0.25, 0.3) is 0 Å². The molecule has 10 aromatic heterocycles. The average Bonchev–Trinajstić information content (AvgIpc) is 0.663. The Balaban J connectivity index is 0.000000166. The summed E-state index contributed by atoms with van der Waals surface area (Å²) >= 11 is 0. The van der Waals surface area contributed by atoms with Gasteiger partial charge in [-0.15, -0.1) is 215 Å². The predicted molar refractivity (Wildman–Crippen MR) is 496 cm³/mol. The normalized spacial score (nSPS) is 11.8. The third-order valence-corrected chi connectivity index (χ3v) is 18.3. The zero-order chi connectivity index (χ0) is 85.2. The summed E-state index contributed by atoms with van der Waals surface area (Å²) in [7, 11) is 0. The fraction of sp³-hybridized carbons (Fsp3) is 0.0550. The van der Waals surface area contributed by atoms with Gasteiger partial charge < -0.3 is 40.5 Å². The quantitative estimate of drug-likeness (QED) is 0.105. The molecule has 15 nitrogen and oxygen atoms in total. The molecule has 2 unspecified atom stereocenters. The smallest absolute Gasteiger partial charge is 0.683 e. The predicted octanol–water partition coefficient (Wildman–Crippen LogP) is 24.9. The van der Waals surface area contributed by atoms with Crippen LogP contribution in [0.2, 0.25) is 0 Å². The third kappa shape index (κ3) is 31.4. The monoisotopic (exact) mass is 2370 g/mol. The molecule has 0 saturated carbocycles. The van der Waals surface area contributed by atoms with Gasteiger partial charge in [-0.1, -0.05) is 127 Å². The second-order valence-corrected chi connectivity index (χ2v) is 27.2. The summed E-state index contributed by atoms with van der Waals surface area (Å²) in [6, 6.07) is 128. The van der Waals surface area contributed by atoms with Gasteiger partial charge in [-0.05, 0) is 115 Å². The number of aryl methyl sites for hydroxylation is 4. The van der Waals surface area contributed by atoms with Crippen LogP contribution in [0.4, 0.5) is 0 Å². The molecule has 12 heterocycles. The van der Waals surface area contributed by atoms with Crippen LogP contribution in [0, 0.1) is 76.2 Å². The maximum Gasteiger partial charge on any atom is 3.00 e. The summed E-state index contributed by atoms with van der Waals surface area (Å²) in [5.41, 5.74) is 21.9. The molecular weight excluding hydrogens is 2290 g/mol. The van der Waals surface area contributed by atoms with E-state index in [1.165, 1.54) is 0 Å². The van der Waals surface area contributed by atoms with Crippen LogP contribution < -0.4 is 0 Å². The van der Waals surface area contributed by atoms with Crippen molar-refractivity contribution in [3.05, 3.63) is 514 Å². The van der Waals surface area contributed by atoms with E-state index in [-0.39, 0.29) is 92.5 Å². The summed E-state index contributed by atoms with van der Waals surface area (Å²) in [5.74, 6) is 2.85. The average molecular weight is 2370 g/mol. The summed E-state index contributed by atoms with van der Waals surface area (Å²) in [5, 5.41) is 8.60. The number of nitrogens with zero attached hydrogens (tertiary/aromatic N) is 15. The molecule has 634 valence electrons. The minimum Gasteiger partial charge on any atom is -0.683 e. The van der Waals surface area contributed by atoms with E-state index in [4.69, 9.17) is 0 Å². The van der Waals surface area contributed by atoms with Gasteiger partial charge in [0.05, 0.1) is 11.4 Å². The van der Waals surface area contributed by atoms with Crippen molar-refractivity contribution >= 4 is 0 Å². The Morgan fingerprint density at radius 3 is 0.938 bits per heavy atom. The van der Waals surface area contributed by atoms with Crippen molar-refractivity contribution < 1.29 is 80.4 Å². The molecule has 19 heteroatoms. The Morgan fingerprint density at radius 1 is 0.242 bits per heavy atom. The fourth-order valence-corrected chi connectivity index (χ4v) is 12.1. The van der Waals surface area contributed by atoms with Crippen molar-refractivity contribution in [2.45, 2.75) is 39.8 Å². The Labute approximate surface area is 804 Å². The number of pyridine rings is 8. The number of hydrogen-bond acceptors (Lipinski definition) is 13. The minimum atomic E-state index is 0. The van der Waals surface area contributed by atoms with Crippen LogP contribution >= 0.6 is 0 Å². The minimum absolute atomic E-state index is 0. The summed E-state index contributed by atoms with van der Waals surface area (Å²) < 4.78 is 0. The van der Waals surface area contributed by atoms with E-state index in [2.05, 4.69) is 148 Å². The molecule has 2 aliphatic rings. The van der Waals surface area contributed by atoms with Crippen molar-refractivity contribution in [3.63, 3.8) is 0 Å². The molecule has 0 amide bonds. The summed E-state index contributed by atoms with van der Waals surface area (Å²) in [4.78, 5) is 56.2. The van der Waals surface area contributed by atoms with Crippen LogP contribution in [0.5, 0.6) is 0 Å². The molecule has 128 heavy (non-hydrogen) atoms. The Morgan fingerprint density at radius 2 is 0.594 bits per heavy atom. The van der Waals surface area contributed by atoms with Gasteiger partial charge in [0, 0.05) is 118 Å². The number of rotatable bonds is 12. The van der Waals surface area contributed by atoms with Gasteiger partial charge in [0.1, 0.15) is 17.5 Å².